The summed E-state index contributed by atoms with van der Waals surface area (Å²) in [5.74, 6) is -0.478. The third kappa shape index (κ3) is 4.35. The van der Waals surface area contributed by atoms with Crippen LogP contribution in [-0.2, 0) is 4.74 Å². The summed E-state index contributed by atoms with van der Waals surface area (Å²) in [4.78, 5) is 11.3. The normalized spacial score (nSPS) is 12.0. The molecule has 0 radical (unpaired) electrons. The summed E-state index contributed by atoms with van der Waals surface area (Å²) < 4.78 is 5.50. The van der Waals surface area contributed by atoms with Crippen LogP contribution in [-0.4, -0.2) is 18.7 Å². The van der Waals surface area contributed by atoms with Crippen molar-refractivity contribution in [2.24, 2.45) is 5.73 Å². The van der Waals surface area contributed by atoms with Gasteiger partial charge >= 0.3 is 0 Å². The number of nitrogens with one attached hydrogen (secondary N) is 1. The van der Waals surface area contributed by atoms with E-state index in [9.17, 15) is 4.79 Å². The van der Waals surface area contributed by atoms with E-state index in [2.05, 4.69) is 0 Å². The summed E-state index contributed by atoms with van der Waals surface area (Å²) in [6.45, 7) is 1.79. The number of ether oxygens (including phenoxy) is 1. The van der Waals surface area contributed by atoms with Crippen LogP contribution in [0.5, 0.6) is 0 Å². The molecule has 3 N–H and O–H groups in total. The van der Waals surface area contributed by atoms with E-state index in [1.807, 2.05) is 0 Å². The molecule has 2 aromatic rings. The number of benzene rings is 2. The van der Waals surface area contributed by atoms with Crippen LogP contribution in [0.15, 0.2) is 36.4 Å². The van der Waals surface area contributed by atoms with E-state index in [0.717, 1.165) is 11.1 Å². The second kappa shape index (κ2) is 7.79. The number of aryl methyl sites for hydroxylation is 1. The van der Waals surface area contributed by atoms with E-state index in [0.29, 0.717) is 33.3 Å². The lowest BCUT2D eigenvalue weighted by Gasteiger charge is -2.17. The van der Waals surface area contributed by atoms with E-state index in [1.165, 1.54) is 0 Å². The molecular formula is C18H18Cl2N2O2. The van der Waals surface area contributed by atoms with Gasteiger partial charge in [-0.25, -0.2) is 0 Å². The molecule has 126 valence electrons. The summed E-state index contributed by atoms with van der Waals surface area (Å²) in [6, 6.07) is 10.3. The fourth-order valence-electron chi connectivity index (χ4n) is 2.53. The Morgan fingerprint density at radius 2 is 1.83 bits per heavy atom. The molecule has 0 heterocycles. The van der Waals surface area contributed by atoms with Gasteiger partial charge in [0.25, 0.3) is 0 Å². The van der Waals surface area contributed by atoms with Crippen molar-refractivity contribution in [1.29, 1.82) is 5.41 Å². The monoisotopic (exact) mass is 364 g/mol. The first-order valence-electron chi connectivity index (χ1n) is 7.29. The number of halogens is 2. The molecule has 0 aliphatic rings. The molecule has 4 nitrogen and oxygen atoms in total. The molecule has 0 aliphatic carbocycles. The van der Waals surface area contributed by atoms with Crippen molar-refractivity contribution in [3.05, 3.63) is 68.7 Å². The second-order valence-corrected chi connectivity index (χ2v) is 6.38. The molecule has 0 spiro atoms. The Morgan fingerprint density at radius 3 is 2.33 bits per heavy atom. The smallest absolute Gasteiger partial charge is 0.248 e. The maximum Gasteiger partial charge on any atom is 0.248 e. The summed E-state index contributed by atoms with van der Waals surface area (Å²) in [6.07, 6.45) is 0.00697. The lowest BCUT2D eigenvalue weighted by Crippen LogP contribution is -2.14. The van der Waals surface area contributed by atoms with Crippen molar-refractivity contribution in [3.8, 4) is 0 Å². The SMILES string of the molecule is COC(CC(=N)c1ccc(C(N)=O)c(C)c1)c1cc(Cl)cc(Cl)c1. The van der Waals surface area contributed by atoms with Gasteiger partial charge in [0.05, 0.1) is 6.10 Å². The maximum absolute atomic E-state index is 11.3. The van der Waals surface area contributed by atoms with Crippen molar-refractivity contribution in [2.45, 2.75) is 19.4 Å². The quantitative estimate of drug-likeness (QED) is 0.737. The largest absolute Gasteiger partial charge is 0.376 e. The third-order valence-electron chi connectivity index (χ3n) is 3.77. The van der Waals surface area contributed by atoms with Gasteiger partial charge in [-0.2, -0.15) is 0 Å². The van der Waals surface area contributed by atoms with E-state index in [4.69, 9.17) is 39.1 Å². The third-order valence-corrected chi connectivity index (χ3v) is 4.21. The molecule has 0 bridgehead atoms. The van der Waals surface area contributed by atoms with Gasteiger partial charge < -0.3 is 15.9 Å². The van der Waals surface area contributed by atoms with Gasteiger partial charge in [0.15, 0.2) is 0 Å². The van der Waals surface area contributed by atoms with Crippen LogP contribution in [0.1, 0.15) is 39.6 Å². The van der Waals surface area contributed by atoms with Crippen molar-refractivity contribution >= 4 is 34.8 Å². The standard InChI is InChI=1S/C18H18Cl2N2O2/c1-10-5-11(3-4-15(10)18(22)23)16(21)9-17(24-2)12-6-13(19)8-14(20)7-12/h3-8,17,21H,9H2,1-2H3,(H2,22,23). The second-order valence-electron chi connectivity index (χ2n) is 5.50. The minimum Gasteiger partial charge on any atom is -0.376 e. The first-order valence-corrected chi connectivity index (χ1v) is 8.04. The molecule has 0 aliphatic heterocycles. The van der Waals surface area contributed by atoms with Gasteiger partial charge in [-0.05, 0) is 53.9 Å². The van der Waals surface area contributed by atoms with Crippen molar-refractivity contribution in [2.75, 3.05) is 7.11 Å². The fourth-order valence-corrected chi connectivity index (χ4v) is 3.07. The van der Waals surface area contributed by atoms with E-state index in [-0.39, 0.29) is 6.10 Å². The maximum atomic E-state index is 11.3. The minimum atomic E-state index is -0.478. The van der Waals surface area contributed by atoms with Crippen LogP contribution in [0.4, 0.5) is 0 Å². The number of hydrogen-bond donors (Lipinski definition) is 2. The average Bonchev–Trinajstić information content (AvgIpc) is 2.50. The molecule has 6 heteroatoms. The first kappa shape index (κ1) is 18.5. The van der Waals surface area contributed by atoms with E-state index in [1.54, 1.807) is 50.4 Å². The van der Waals surface area contributed by atoms with Gasteiger partial charge in [0.1, 0.15) is 0 Å². The van der Waals surface area contributed by atoms with Gasteiger partial charge in [-0.15, -0.1) is 0 Å². The Morgan fingerprint density at radius 1 is 1.21 bits per heavy atom. The van der Waals surface area contributed by atoms with Crippen LogP contribution in [0, 0.1) is 12.3 Å². The zero-order chi connectivity index (χ0) is 17.9. The predicted octanol–water partition coefficient (Wildman–Crippen LogP) is 4.55. The van der Waals surface area contributed by atoms with E-state index < -0.39 is 5.91 Å². The van der Waals surface area contributed by atoms with Gasteiger partial charge in [-0.3, -0.25) is 4.79 Å². The molecular weight excluding hydrogens is 347 g/mol. The van der Waals surface area contributed by atoms with Crippen molar-refractivity contribution < 1.29 is 9.53 Å². The number of methoxy groups -OCH3 is 1. The average molecular weight is 365 g/mol. The van der Waals surface area contributed by atoms with Gasteiger partial charge in [0, 0.05) is 34.9 Å². The number of carbonyl (C=O) groups is 1. The number of carbonyl (C=O) groups excluding carboxylic acids is 1. The molecule has 2 aromatic carbocycles. The minimum absolute atomic E-state index is 0.343. The molecule has 1 atom stereocenters. The molecule has 1 amide bonds. The van der Waals surface area contributed by atoms with Crippen molar-refractivity contribution in [3.63, 3.8) is 0 Å². The Labute approximate surface area is 151 Å². The summed E-state index contributed by atoms with van der Waals surface area (Å²) in [5, 5.41) is 9.37. The van der Waals surface area contributed by atoms with Crippen LogP contribution in [0.3, 0.4) is 0 Å². The molecule has 0 saturated heterocycles. The molecule has 2 rings (SSSR count). The van der Waals surface area contributed by atoms with Crippen molar-refractivity contribution in [1.82, 2.24) is 0 Å². The summed E-state index contributed by atoms with van der Waals surface area (Å²) >= 11 is 12.1. The highest BCUT2D eigenvalue weighted by Gasteiger charge is 2.16. The molecule has 0 aromatic heterocycles. The number of hydrogen-bond acceptors (Lipinski definition) is 3. The summed E-state index contributed by atoms with van der Waals surface area (Å²) in [5.41, 5.74) is 8.42. The Hall–Kier alpha value is -1.88. The molecule has 24 heavy (non-hydrogen) atoms. The number of nitrogens with two attached hydrogens (primary N) is 1. The lowest BCUT2D eigenvalue weighted by atomic mass is 9.96. The Kier molecular flexibility index (Phi) is 5.99. The Bertz CT molecular complexity index is 770. The van der Waals surface area contributed by atoms with Crippen LogP contribution < -0.4 is 5.73 Å². The number of primary amides is 1. The lowest BCUT2D eigenvalue weighted by molar-refractivity contribution is 0.0999. The van der Waals surface area contributed by atoms with Crippen LogP contribution in [0.25, 0.3) is 0 Å². The highest BCUT2D eigenvalue weighted by Crippen LogP contribution is 2.28. The first-order chi connectivity index (χ1) is 11.3. The zero-order valence-electron chi connectivity index (χ0n) is 13.4. The Balaban J connectivity index is 2.23. The summed E-state index contributed by atoms with van der Waals surface area (Å²) in [7, 11) is 1.58. The van der Waals surface area contributed by atoms with Gasteiger partial charge in [-0.1, -0.05) is 29.3 Å². The highest BCUT2D eigenvalue weighted by molar-refractivity contribution is 6.34. The topological polar surface area (TPSA) is 76.2 Å². The van der Waals surface area contributed by atoms with E-state index >= 15 is 0 Å². The zero-order valence-corrected chi connectivity index (χ0v) is 14.9. The van der Waals surface area contributed by atoms with Crippen LogP contribution in [0.2, 0.25) is 10.0 Å². The molecule has 0 fully saturated rings. The fraction of sp³-hybridized carbons (Fsp3) is 0.222. The molecule has 1 unspecified atom stereocenters. The van der Waals surface area contributed by atoms with Crippen LogP contribution >= 0.6 is 23.2 Å². The highest BCUT2D eigenvalue weighted by atomic mass is 35.5. The van der Waals surface area contributed by atoms with Gasteiger partial charge in [0.2, 0.25) is 5.91 Å². The number of amides is 1. The predicted molar refractivity (Wildman–Crippen MR) is 97.4 cm³/mol. The molecule has 0 saturated carbocycles. The number of rotatable bonds is 6.